The minimum atomic E-state index is -1.15. The van der Waals surface area contributed by atoms with E-state index in [0.717, 1.165) is 5.56 Å². The SMILES string of the molecule is C=C1C(C2(C)C=CC(=O)OC(C)(C)C2CC(=O)OC)C(OC(C)=O)C(OC(=O)C(C)C)C2(C)C(c3ccoc3)CC3OC132. The molecule has 0 radical (unpaired) electrons. The largest absolute Gasteiger partial charge is 0.472 e. The molecule has 1 aromatic heterocycles. The van der Waals surface area contributed by atoms with Gasteiger partial charge in [0, 0.05) is 36.2 Å². The van der Waals surface area contributed by atoms with Gasteiger partial charge in [-0.1, -0.05) is 40.3 Å². The zero-order valence-electron chi connectivity index (χ0n) is 26.1. The number of furan rings is 1. The van der Waals surface area contributed by atoms with Crippen LogP contribution in [0.1, 0.15) is 72.8 Å². The van der Waals surface area contributed by atoms with Crippen molar-refractivity contribution in [2.24, 2.45) is 28.6 Å². The highest BCUT2D eigenvalue weighted by Crippen LogP contribution is 2.76. The molecule has 9 atom stereocenters. The quantitative estimate of drug-likeness (QED) is 0.189. The van der Waals surface area contributed by atoms with Gasteiger partial charge in [0.25, 0.3) is 0 Å². The Morgan fingerprint density at radius 1 is 1.14 bits per heavy atom. The summed E-state index contributed by atoms with van der Waals surface area (Å²) in [6.07, 6.45) is 4.58. The number of hydrogen-bond acceptors (Lipinski definition) is 10. The molecule has 4 aliphatic rings. The summed E-state index contributed by atoms with van der Waals surface area (Å²) in [4.78, 5) is 51.9. The van der Waals surface area contributed by atoms with Crippen molar-refractivity contribution in [3.05, 3.63) is 48.5 Å². The maximum absolute atomic E-state index is 13.4. The first-order valence-electron chi connectivity index (χ1n) is 14.8. The summed E-state index contributed by atoms with van der Waals surface area (Å²) in [6.45, 7) is 16.8. The molecule has 2 aliphatic carbocycles. The summed E-state index contributed by atoms with van der Waals surface area (Å²) in [6, 6.07) is 1.89. The van der Waals surface area contributed by atoms with Crippen LogP contribution in [0.4, 0.5) is 0 Å². The predicted octanol–water partition coefficient (Wildman–Crippen LogP) is 4.67. The van der Waals surface area contributed by atoms with Crippen molar-refractivity contribution in [1.29, 1.82) is 0 Å². The van der Waals surface area contributed by atoms with Crippen molar-refractivity contribution in [1.82, 2.24) is 0 Å². The lowest BCUT2D eigenvalue weighted by atomic mass is 9.48. The lowest BCUT2D eigenvalue weighted by Gasteiger charge is -2.58. The second-order valence-corrected chi connectivity index (χ2v) is 13.6. The van der Waals surface area contributed by atoms with E-state index < -0.39 is 75.9 Å². The van der Waals surface area contributed by atoms with Gasteiger partial charge in [-0.25, -0.2) is 4.79 Å². The third kappa shape index (κ3) is 4.55. The molecule has 0 N–H and O–H groups in total. The number of ether oxygens (including phenoxy) is 5. The number of carbonyl (C=O) groups is 4. The first kappa shape index (κ1) is 31.0. The summed E-state index contributed by atoms with van der Waals surface area (Å²) in [7, 11) is 1.30. The average molecular weight is 599 g/mol. The zero-order valence-corrected chi connectivity index (χ0v) is 26.1. The molecule has 9 unspecified atom stereocenters. The highest BCUT2D eigenvalue weighted by molar-refractivity contribution is 5.83. The molecule has 3 fully saturated rings. The molecule has 0 aromatic carbocycles. The molecule has 0 bridgehead atoms. The Morgan fingerprint density at radius 2 is 1.84 bits per heavy atom. The van der Waals surface area contributed by atoms with Crippen LogP contribution in [0, 0.1) is 28.6 Å². The van der Waals surface area contributed by atoms with E-state index in [1.54, 1.807) is 46.3 Å². The molecular formula is C33H42O10. The van der Waals surface area contributed by atoms with Crippen LogP contribution in [-0.4, -0.2) is 60.5 Å². The topological polar surface area (TPSA) is 131 Å². The van der Waals surface area contributed by atoms with Crippen molar-refractivity contribution in [2.45, 2.75) is 96.7 Å². The van der Waals surface area contributed by atoms with Crippen LogP contribution < -0.4 is 0 Å². The number of hydrogen-bond donors (Lipinski definition) is 0. The average Bonchev–Trinajstić information content (AvgIpc) is 3.29. The number of esters is 4. The van der Waals surface area contributed by atoms with Gasteiger partial charge in [-0.15, -0.1) is 0 Å². The smallest absolute Gasteiger partial charge is 0.330 e. The van der Waals surface area contributed by atoms with E-state index in [0.29, 0.717) is 12.0 Å². The molecule has 5 rings (SSSR count). The van der Waals surface area contributed by atoms with Gasteiger partial charge >= 0.3 is 23.9 Å². The Hall–Kier alpha value is -3.40. The van der Waals surface area contributed by atoms with Crippen LogP contribution >= 0.6 is 0 Å². The number of methoxy groups -OCH3 is 1. The zero-order chi connectivity index (χ0) is 31.7. The maximum atomic E-state index is 13.4. The maximum Gasteiger partial charge on any atom is 0.330 e. The van der Waals surface area contributed by atoms with E-state index in [4.69, 9.17) is 28.1 Å². The fourth-order valence-electron chi connectivity index (χ4n) is 8.55. The monoisotopic (exact) mass is 598 g/mol. The Labute approximate surface area is 252 Å². The van der Waals surface area contributed by atoms with Crippen molar-refractivity contribution in [2.75, 3.05) is 7.11 Å². The van der Waals surface area contributed by atoms with Crippen LogP contribution in [-0.2, 0) is 42.9 Å². The molecule has 234 valence electrons. The second-order valence-electron chi connectivity index (χ2n) is 13.6. The van der Waals surface area contributed by atoms with Gasteiger partial charge < -0.3 is 28.1 Å². The Kier molecular flexibility index (Phi) is 7.47. The normalized spacial score (nSPS) is 39.3. The Morgan fingerprint density at radius 3 is 2.42 bits per heavy atom. The van der Waals surface area contributed by atoms with Crippen LogP contribution in [0.15, 0.2) is 47.3 Å². The first-order chi connectivity index (χ1) is 20.0. The predicted molar refractivity (Wildman–Crippen MR) is 152 cm³/mol. The highest BCUT2D eigenvalue weighted by Gasteiger charge is 2.84. The summed E-state index contributed by atoms with van der Waals surface area (Å²) in [5, 5.41) is 0. The molecule has 0 amide bonds. The molecule has 2 aliphatic heterocycles. The summed E-state index contributed by atoms with van der Waals surface area (Å²) >= 11 is 0. The third-order valence-corrected chi connectivity index (χ3v) is 10.5. The van der Waals surface area contributed by atoms with E-state index in [9.17, 15) is 19.2 Å². The van der Waals surface area contributed by atoms with Crippen LogP contribution in [0.2, 0.25) is 0 Å². The lowest BCUT2D eigenvalue weighted by Crippen LogP contribution is -2.66. The number of rotatable bonds is 7. The van der Waals surface area contributed by atoms with Gasteiger partial charge in [0.1, 0.15) is 23.4 Å². The van der Waals surface area contributed by atoms with E-state index >= 15 is 0 Å². The molecule has 1 spiro atoms. The van der Waals surface area contributed by atoms with E-state index in [1.807, 2.05) is 19.9 Å². The highest BCUT2D eigenvalue weighted by atomic mass is 16.6. The van der Waals surface area contributed by atoms with Crippen molar-refractivity contribution in [3.8, 4) is 0 Å². The lowest BCUT2D eigenvalue weighted by molar-refractivity contribution is -0.211. The van der Waals surface area contributed by atoms with Gasteiger partial charge in [-0.3, -0.25) is 14.4 Å². The third-order valence-electron chi connectivity index (χ3n) is 10.5. The van der Waals surface area contributed by atoms with Crippen molar-refractivity contribution in [3.63, 3.8) is 0 Å². The molecule has 43 heavy (non-hydrogen) atoms. The molecule has 2 saturated carbocycles. The number of carbonyl (C=O) groups excluding carboxylic acids is 4. The van der Waals surface area contributed by atoms with Crippen molar-refractivity contribution < 1.29 is 47.3 Å². The van der Waals surface area contributed by atoms with E-state index in [-0.39, 0.29) is 18.4 Å². The van der Waals surface area contributed by atoms with Gasteiger partial charge in [0.05, 0.1) is 43.5 Å². The Bertz CT molecular complexity index is 1360. The fourth-order valence-corrected chi connectivity index (χ4v) is 8.55. The number of allylic oxidation sites excluding steroid dienone is 1. The molecular weight excluding hydrogens is 556 g/mol. The second kappa shape index (κ2) is 10.4. The minimum Gasteiger partial charge on any atom is -0.472 e. The number of epoxide rings is 1. The van der Waals surface area contributed by atoms with Crippen molar-refractivity contribution >= 4 is 23.9 Å². The molecule has 1 saturated heterocycles. The van der Waals surface area contributed by atoms with Gasteiger partial charge in [0.2, 0.25) is 0 Å². The summed E-state index contributed by atoms with van der Waals surface area (Å²) in [5.41, 5.74) is -2.49. The minimum absolute atomic E-state index is 0.100. The van der Waals surface area contributed by atoms with Crippen LogP contribution in [0.5, 0.6) is 0 Å². The summed E-state index contributed by atoms with van der Waals surface area (Å²) < 4.78 is 35.4. The van der Waals surface area contributed by atoms with Crippen LogP contribution in [0.25, 0.3) is 0 Å². The van der Waals surface area contributed by atoms with Gasteiger partial charge in [-0.2, -0.15) is 0 Å². The van der Waals surface area contributed by atoms with E-state index in [1.165, 1.54) is 20.1 Å². The molecule has 10 heteroatoms. The van der Waals surface area contributed by atoms with Crippen LogP contribution in [0.3, 0.4) is 0 Å². The Balaban J connectivity index is 1.75. The first-order valence-corrected chi connectivity index (χ1v) is 14.8. The fraction of sp³-hybridized carbons (Fsp3) is 0.636. The summed E-state index contributed by atoms with van der Waals surface area (Å²) in [5.74, 6) is -4.12. The standard InChI is InChI=1S/C33H42O10/c1-17(2)29(37)41-28-27(40-19(4)34)26(31(7)12-10-24(35)43-30(5,6)22(31)15-25(36)38-9)18(3)33-23(42-33)14-21(32(28,33)8)20-11-13-39-16-20/h10-13,16-17,21-23,26-28H,3,14-15H2,1-2,4-9H3. The van der Waals surface area contributed by atoms with Gasteiger partial charge in [-0.05, 0) is 37.5 Å². The number of cyclic esters (lactones) is 1. The van der Waals surface area contributed by atoms with E-state index in [2.05, 4.69) is 6.58 Å². The molecule has 10 nitrogen and oxygen atoms in total. The molecule has 1 aromatic rings. The van der Waals surface area contributed by atoms with Gasteiger partial charge in [0.15, 0.2) is 0 Å². The molecule has 3 heterocycles.